The van der Waals surface area contributed by atoms with Gasteiger partial charge < -0.3 is 50.5 Å². The summed E-state index contributed by atoms with van der Waals surface area (Å²) in [6.45, 7) is 0.291. The van der Waals surface area contributed by atoms with Crippen molar-refractivity contribution in [3.05, 3.63) is 16.7 Å². The van der Waals surface area contributed by atoms with Crippen LogP contribution < -0.4 is 11.3 Å². The van der Waals surface area contributed by atoms with E-state index in [4.69, 9.17) is 15.2 Å². The molecule has 22 heteroatoms. The van der Waals surface area contributed by atoms with Crippen molar-refractivity contribution in [3.8, 4) is 0 Å². The van der Waals surface area contributed by atoms with Gasteiger partial charge in [0.05, 0.1) is 19.0 Å². The van der Waals surface area contributed by atoms with E-state index in [9.17, 15) is 49.2 Å². The Bertz CT molecular complexity index is 1320. The van der Waals surface area contributed by atoms with Gasteiger partial charge in [0.1, 0.15) is 36.6 Å². The zero-order valence-electron chi connectivity index (χ0n) is 19.2. The van der Waals surface area contributed by atoms with Crippen LogP contribution in [0.15, 0.2) is 11.1 Å². The lowest BCUT2D eigenvalue weighted by atomic mass is 10.0. The van der Waals surface area contributed by atoms with Crippen molar-refractivity contribution in [1.29, 1.82) is 0 Å². The fourth-order valence-corrected chi connectivity index (χ4v) is 5.96. The lowest BCUT2D eigenvalue weighted by Crippen LogP contribution is -2.57. The van der Waals surface area contributed by atoms with E-state index in [0.717, 1.165) is 10.9 Å². The number of aliphatic hydroxyl groups excluding tert-OH is 5. The van der Waals surface area contributed by atoms with Crippen LogP contribution in [-0.2, 0) is 32.0 Å². The molecule has 0 amide bonds. The second kappa shape index (κ2) is 10.6. The molecular formula is C16H25N5O15P2. The Morgan fingerprint density at radius 3 is 2.42 bits per heavy atom. The number of phosphoric ester groups is 2. The van der Waals surface area contributed by atoms with Crippen molar-refractivity contribution in [3.63, 3.8) is 0 Å². The molecule has 2 saturated heterocycles. The van der Waals surface area contributed by atoms with Crippen molar-refractivity contribution in [2.45, 2.75) is 62.2 Å². The largest absolute Gasteiger partial charge is 0.483 e. The molecule has 0 spiro atoms. The number of aliphatic hydroxyl groups is 5. The minimum absolute atomic E-state index is 0.0994. The highest BCUT2D eigenvalue weighted by atomic mass is 31.3. The van der Waals surface area contributed by atoms with E-state index in [1.807, 2.05) is 0 Å². The molecule has 0 saturated carbocycles. The molecule has 0 aromatic carbocycles. The normalized spacial score (nSPS) is 37.2. The molecule has 2 aliphatic heterocycles. The maximum atomic E-state index is 12.3. The monoisotopic (exact) mass is 589 g/mol. The van der Waals surface area contributed by atoms with Gasteiger partial charge in [-0.15, -0.1) is 0 Å². The van der Waals surface area contributed by atoms with Crippen molar-refractivity contribution in [2.75, 3.05) is 12.3 Å². The van der Waals surface area contributed by atoms with E-state index < -0.39 is 83.1 Å². The molecule has 2 fully saturated rings. The fraction of sp³-hybridized carbons (Fsp3) is 0.688. The van der Waals surface area contributed by atoms with Crippen LogP contribution in [0.5, 0.6) is 0 Å². The van der Waals surface area contributed by atoms with Crippen LogP contribution in [0.1, 0.15) is 13.2 Å². The third-order valence-electron chi connectivity index (χ3n) is 5.72. The van der Waals surface area contributed by atoms with Crippen LogP contribution in [0.4, 0.5) is 5.95 Å². The molecule has 0 radical (unpaired) electrons. The third-order valence-corrected chi connectivity index (χ3v) is 8.32. The SMILES string of the molecule is CC1O[C@H](OP(=O)(O)OP(=O)(O)OC[C@H]2O[C@@H](n3cnc4c(=O)[nH]c(N)nc43)C(O)[C@H]2O)C(O)[C@@H](O)[C@@H]1O. The number of imidazole rings is 1. The van der Waals surface area contributed by atoms with Crippen LogP contribution in [0, 0.1) is 0 Å². The highest BCUT2D eigenvalue weighted by Crippen LogP contribution is 2.61. The summed E-state index contributed by atoms with van der Waals surface area (Å²) in [6.07, 6.45) is -13.8. The number of aromatic nitrogens is 4. The van der Waals surface area contributed by atoms with Crippen molar-refractivity contribution < 1.29 is 67.3 Å². The Kier molecular flexibility index (Phi) is 8.12. The summed E-state index contributed by atoms with van der Waals surface area (Å²) in [7, 11) is -10.9. The summed E-state index contributed by atoms with van der Waals surface area (Å²) in [5, 5.41) is 50.0. The molecule has 2 aliphatic rings. The maximum Gasteiger partial charge on any atom is 0.483 e. The zero-order valence-corrected chi connectivity index (χ0v) is 21.0. The number of rotatable bonds is 8. The molecule has 4 rings (SSSR count). The predicted octanol–water partition coefficient (Wildman–Crippen LogP) is -3.60. The first-order chi connectivity index (χ1) is 17.6. The first-order valence-electron chi connectivity index (χ1n) is 10.7. The lowest BCUT2D eigenvalue weighted by Gasteiger charge is -2.38. The van der Waals surface area contributed by atoms with Gasteiger partial charge in [0, 0.05) is 0 Å². The Morgan fingerprint density at radius 2 is 1.74 bits per heavy atom. The van der Waals surface area contributed by atoms with Crippen molar-refractivity contribution in [1.82, 2.24) is 19.5 Å². The van der Waals surface area contributed by atoms with Crippen molar-refractivity contribution in [2.24, 2.45) is 0 Å². The van der Waals surface area contributed by atoms with Gasteiger partial charge in [0.15, 0.2) is 23.7 Å². The van der Waals surface area contributed by atoms with E-state index in [0.29, 0.717) is 0 Å². The number of nitrogens with one attached hydrogen (secondary N) is 1. The van der Waals surface area contributed by atoms with Gasteiger partial charge in [0.25, 0.3) is 5.56 Å². The highest BCUT2D eigenvalue weighted by Gasteiger charge is 2.49. The van der Waals surface area contributed by atoms with E-state index in [2.05, 4.69) is 28.3 Å². The van der Waals surface area contributed by atoms with Crippen LogP contribution in [0.2, 0.25) is 0 Å². The molecule has 38 heavy (non-hydrogen) atoms. The van der Waals surface area contributed by atoms with E-state index in [1.165, 1.54) is 6.92 Å². The quantitative estimate of drug-likeness (QED) is 0.134. The number of fused-ring (bicyclic) bond motifs is 1. The molecule has 0 bridgehead atoms. The predicted molar refractivity (Wildman–Crippen MR) is 119 cm³/mol. The number of nitrogen functional groups attached to an aromatic ring is 1. The van der Waals surface area contributed by atoms with Gasteiger partial charge in [-0.1, -0.05) is 0 Å². The van der Waals surface area contributed by atoms with E-state index in [1.54, 1.807) is 0 Å². The van der Waals surface area contributed by atoms with Gasteiger partial charge in [-0.05, 0) is 6.92 Å². The van der Waals surface area contributed by atoms with Crippen LogP contribution in [0.25, 0.3) is 11.2 Å². The molecule has 5 unspecified atom stereocenters. The fourth-order valence-electron chi connectivity index (χ4n) is 3.80. The van der Waals surface area contributed by atoms with Gasteiger partial charge in [-0.25, -0.2) is 14.1 Å². The Balaban J connectivity index is 1.39. The number of H-pyrrole nitrogens is 1. The molecule has 2 aromatic heterocycles. The topological polar surface area (TPSA) is 311 Å². The number of anilines is 1. The summed E-state index contributed by atoms with van der Waals surface area (Å²) < 4.78 is 49.3. The van der Waals surface area contributed by atoms with Crippen LogP contribution in [-0.4, -0.2) is 110 Å². The second-order valence-corrected chi connectivity index (χ2v) is 11.4. The zero-order chi connectivity index (χ0) is 28.2. The van der Waals surface area contributed by atoms with Gasteiger partial charge in [0.2, 0.25) is 5.95 Å². The first-order valence-corrected chi connectivity index (χ1v) is 13.7. The number of ether oxygens (including phenoxy) is 2. The number of aromatic amines is 1. The smallest absolute Gasteiger partial charge is 0.388 e. The number of phosphoric acid groups is 2. The number of nitrogens with two attached hydrogens (primary N) is 1. The lowest BCUT2D eigenvalue weighted by molar-refractivity contribution is -0.271. The molecule has 20 nitrogen and oxygen atoms in total. The Morgan fingerprint density at radius 1 is 1.05 bits per heavy atom. The average Bonchev–Trinajstić information content (AvgIpc) is 3.35. The second-order valence-electron chi connectivity index (χ2n) is 8.42. The number of nitrogens with zero attached hydrogens (tertiary/aromatic N) is 3. The molecule has 4 heterocycles. The van der Waals surface area contributed by atoms with E-state index >= 15 is 0 Å². The summed E-state index contributed by atoms with van der Waals surface area (Å²) >= 11 is 0. The minimum Gasteiger partial charge on any atom is -0.388 e. The Hall–Kier alpha value is -1.87. The highest BCUT2D eigenvalue weighted by molar-refractivity contribution is 7.61. The number of hydrogen-bond acceptors (Lipinski definition) is 16. The summed E-state index contributed by atoms with van der Waals surface area (Å²) in [4.78, 5) is 41.7. The van der Waals surface area contributed by atoms with Gasteiger partial charge in [-0.3, -0.25) is 23.4 Å². The summed E-state index contributed by atoms with van der Waals surface area (Å²) in [5.41, 5.74) is 4.59. The molecular weight excluding hydrogens is 564 g/mol. The van der Waals surface area contributed by atoms with Gasteiger partial charge >= 0.3 is 15.6 Å². The maximum absolute atomic E-state index is 12.3. The summed E-state index contributed by atoms with van der Waals surface area (Å²) in [5.74, 6) is -0.266. The van der Waals surface area contributed by atoms with E-state index in [-0.39, 0.29) is 17.1 Å². The molecule has 10 N–H and O–H groups in total. The molecule has 214 valence electrons. The molecule has 2 aromatic rings. The standard InChI is InChI=1S/C16H25N5O15P2/c1-4-7(22)9(24)11(26)15(33-4)35-38(30,31)36-37(28,29)32-2-5-8(23)10(25)14(34-5)21-3-18-6-12(21)19-16(17)20-13(6)27/h3-5,7-11,14-15,22-26H,2H2,1H3,(H,28,29)(H,30,31)(H3,17,19,20,27)/t4?,5-,7-,8+,9+,10?,11?,14-,15-/m1/s1. The first kappa shape index (κ1) is 29.1. The summed E-state index contributed by atoms with van der Waals surface area (Å²) in [6, 6.07) is 0. The molecule has 0 aliphatic carbocycles. The van der Waals surface area contributed by atoms with Crippen LogP contribution >= 0.6 is 15.6 Å². The van der Waals surface area contributed by atoms with Crippen molar-refractivity contribution >= 4 is 32.8 Å². The molecule has 11 atom stereocenters. The third kappa shape index (κ3) is 5.83. The average molecular weight is 589 g/mol. The Labute approximate surface area is 211 Å². The van der Waals surface area contributed by atoms with Crippen LogP contribution in [0.3, 0.4) is 0 Å². The minimum atomic E-state index is -5.50. The number of hydrogen-bond donors (Lipinski definition) is 9. The van der Waals surface area contributed by atoms with Gasteiger partial charge in [-0.2, -0.15) is 9.29 Å².